The molecular weight excluding hydrogens is 390 g/mol. The van der Waals surface area contributed by atoms with Gasteiger partial charge >= 0.3 is 5.97 Å². The largest absolute Gasteiger partial charge is 0.480 e. The van der Waals surface area contributed by atoms with Crippen LogP contribution in [0.25, 0.3) is 5.57 Å². The summed E-state index contributed by atoms with van der Waals surface area (Å²) in [6.45, 7) is 1.60. The average molecular weight is 407 g/mol. The van der Waals surface area contributed by atoms with E-state index in [0.29, 0.717) is 22.1 Å². The van der Waals surface area contributed by atoms with Crippen molar-refractivity contribution in [2.75, 3.05) is 11.4 Å². The molecule has 0 atom stereocenters. The minimum atomic E-state index is -1.12. The standard InChI is InChI=1S/C21H17N3O4S/c1-2-12-7-9-13(10-8-12)22-21-23-19(27)18(29-21)17-14-5-3-4-6-15(14)24(20(17)28)11-16(25)26/h3-10H,2,11H2,1H3,(H,25,26)(H,22,23,27). The molecule has 4 rings (SSSR count). The third-order valence-corrected chi connectivity index (χ3v) is 5.62. The van der Waals surface area contributed by atoms with Crippen molar-refractivity contribution < 1.29 is 19.5 Å². The van der Waals surface area contributed by atoms with E-state index in [2.05, 4.69) is 17.2 Å². The highest BCUT2D eigenvalue weighted by molar-refractivity contribution is 8.18. The summed E-state index contributed by atoms with van der Waals surface area (Å²) in [5.74, 6) is -2.05. The molecule has 0 aromatic heterocycles. The van der Waals surface area contributed by atoms with Crippen LogP contribution in [0.5, 0.6) is 0 Å². The van der Waals surface area contributed by atoms with Crippen molar-refractivity contribution in [1.82, 2.24) is 5.32 Å². The number of thioether (sulfide) groups is 1. The number of carbonyl (C=O) groups is 3. The lowest BCUT2D eigenvalue weighted by Crippen LogP contribution is -2.32. The molecule has 2 aliphatic heterocycles. The fraction of sp³-hybridized carbons (Fsp3) is 0.143. The van der Waals surface area contributed by atoms with Crippen LogP contribution in [0.4, 0.5) is 11.4 Å². The zero-order valence-corrected chi connectivity index (χ0v) is 16.3. The molecule has 0 aliphatic carbocycles. The second-order valence-electron chi connectivity index (χ2n) is 6.50. The molecule has 0 spiro atoms. The van der Waals surface area contributed by atoms with Crippen LogP contribution < -0.4 is 10.2 Å². The second kappa shape index (κ2) is 7.56. The van der Waals surface area contributed by atoms with Gasteiger partial charge in [0.2, 0.25) is 0 Å². The van der Waals surface area contributed by atoms with E-state index >= 15 is 0 Å². The SMILES string of the molecule is CCc1ccc(N=C2NC(=O)C(=C3C(=O)N(CC(=O)O)c4ccccc43)S2)cc1. The van der Waals surface area contributed by atoms with Crippen LogP contribution in [0, 0.1) is 0 Å². The highest BCUT2D eigenvalue weighted by Crippen LogP contribution is 2.42. The molecule has 2 aliphatic rings. The summed E-state index contributed by atoms with van der Waals surface area (Å²) in [5, 5.41) is 12.2. The predicted octanol–water partition coefficient (Wildman–Crippen LogP) is 2.94. The van der Waals surface area contributed by atoms with Gasteiger partial charge in [0, 0.05) is 5.56 Å². The number of carboxylic acid groups (broad SMARTS) is 1. The quantitative estimate of drug-likeness (QED) is 0.760. The maximum Gasteiger partial charge on any atom is 0.323 e. The Bertz CT molecular complexity index is 1090. The van der Waals surface area contributed by atoms with Crippen LogP contribution in [-0.2, 0) is 20.8 Å². The number of hydrogen-bond donors (Lipinski definition) is 2. The summed E-state index contributed by atoms with van der Waals surface area (Å²) in [6, 6.07) is 14.5. The zero-order valence-electron chi connectivity index (χ0n) is 15.5. The molecule has 0 radical (unpaired) electrons. The maximum atomic E-state index is 12.9. The minimum Gasteiger partial charge on any atom is -0.480 e. The van der Waals surface area contributed by atoms with Crippen LogP contribution in [0.1, 0.15) is 18.1 Å². The highest BCUT2D eigenvalue weighted by atomic mass is 32.2. The minimum absolute atomic E-state index is 0.205. The number of aliphatic imine (C=N–C) groups is 1. The molecule has 0 unspecified atom stereocenters. The van der Waals surface area contributed by atoms with Gasteiger partial charge in [0.25, 0.3) is 11.8 Å². The number of carboxylic acids is 1. The number of nitrogens with zero attached hydrogens (tertiary/aromatic N) is 2. The third-order valence-electron chi connectivity index (χ3n) is 4.64. The normalized spacial score (nSPS) is 19.6. The van der Waals surface area contributed by atoms with Crippen molar-refractivity contribution in [3.8, 4) is 0 Å². The van der Waals surface area contributed by atoms with Gasteiger partial charge < -0.3 is 10.4 Å². The Hall–Kier alpha value is -3.39. The Labute approximate surface area is 171 Å². The number of hydrogen-bond acceptors (Lipinski definition) is 5. The van der Waals surface area contributed by atoms with Crippen LogP contribution in [-0.4, -0.2) is 34.6 Å². The number of fused-ring (bicyclic) bond motifs is 1. The molecule has 0 bridgehead atoms. The summed E-state index contributed by atoms with van der Waals surface area (Å²) < 4.78 is 0. The molecule has 2 aromatic carbocycles. The second-order valence-corrected chi connectivity index (χ2v) is 7.50. The number of amidine groups is 1. The fourth-order valence-corrected chi connectivity index (χ4v) is 4.18. The predicted molar refractivity (Wildman–Crippen MR) is 112 cm³/mol. The number of para-hydroxylation sites is 1. The summed E-state index contributed by atoms with van der Waals surface area (Å²) in [7, 11) is 0. The first-order valence-electron chi connectivity index (χ1n) is 9.02. The van der Waals surface area contributed by atoms with E-state index in [0.717, 1.165) is 18.2 Å². The van der Waals surface area contributed by atoms with Crippen molar-refractivity contribution in [1.29, 1.82) is 0 Å². The molecule has 2 aromatic rings. The smallest absolute Gasteiger partial charge is 0.323 e. The lowest BCUT2D eigenvalue weighted by Gasteiger charge is -2.13. The van der Waals surface area contributed by atoms with E-state index in [1.54, 1.807) is 24.3 Å². The van der Waals surface area contributed by atoms with E-state index < -0.39 is 24.3 Å². The molecule has 0 saturated carbocycles. The number of rotatable bonds is 4. The molecule has 2 amide bonds. The van der Waals surface area contributed by atoms with Crippen molar-refractivity contribution in [3.05, 3.63) is 64.6 Å². The summed E-state index contributed by atoms with van der Waals surface area (Å²) in [4.78, 5) is 42.6. The van der Waals surface area contributed by atoms with Crippen molar-refractivity contribution in [2.45, 2.75) is 13.3 Å². The number of carbonyl (C=O) groups excluding carboxylic acids is 2. The Morgan fingerprint density at radius 1 is 1.14 bits per heavy atom. The van der Waals surface area contributed by atoms with Crippen molar-refractivity contribution in [2.24, 2.45) is 4.99 Å². The van der Waals surface area contributed by atoms with Crippen molar-refractivity contribution in [3.63, 3.8) is 0 Å². The molecular formula is C21H17N3O4S. The molecule has 1 fully saturated rings. The van der Waals surface area contributed by atoms with Gasteiger partial charge in [0.15, 0.2) is 5.17 Å². The number of aryl methyl sites for hydroxylation is 1. The lowest BCUT2D eigenvalue weighted by atomic mass is 10.1. The molecule has 7 nitrogen and oxygen atoms in total. The first-order chi connectivity index (χ1) is 14.0. The maximum absolute atomic E-state index is 12.9. The Morgan fingerprint density at radius 2 is 1.86 bits per heavy atom. The number of benzene rings is 2. The number of nitrogens with one attached hydrogen (secondary N) is 1. The van der Waals surface area contributed by atoms with E-state index in [1.165, 1.54) is 10.5 Å². The van der Waals surface area contributed by atoms with Crippen molar-refractivity contribution >= 4 is 51.7 Å². The monoisotopic (exact) mass is 407 g/mol. The first kappa shape index (κ1) is 18.9. The first-order valence-corrected chi connectivity index (χ1v) is 9.83. The van der Waals surface area contributed by atoms with E-state index in [9.17, 15) is 14.4 Å². The van der Waals surface area contributed by atoms with Gasteiger partial charge in [0.1, 0.15) is 6.54 Å². The molecule has 2 heterocycles. The van der Waals surface area contributed by atoms with Crippen LogP contribution in [0.15, 0.2) is 58.4 Å². The van der Waals surface area contributed by atoms with E-state index in [-0.39, 0.29) is 10.5 Å². The lowest BCUT2D eigenvalue weighted by molar-refractivity contribution is -0.136. The molecule has 2 N–H and O–H groups in total. The van der Waals surface area contributed by atoms with Gasteiger partial charge in [-0.15, -0.1) is 0 Å². The van der Waals surface area contributed by atoms with Gasteiger partial charge in [-0.3, -0.25) is 19.3 Å². The highest BCUT2D eigenvalue weighted by Gasteiger charge is 2.39. The molecule has 8 heteroatoms. The zero-order chi connectivity index (χ0) is 20.5. The third kappa shape index (κ3) is 3.54. The van der Waals surface area contributed by atoms with Gasteiger partial charge in [-0.1, -0.05) is 37.3 Å². The average Bonchev–Trinajstić information content (AvgIpc) is 3.19. The molecule has 146 valence electrons. The summed E-state index contributed by atoms with van der Waals surface area (Å²) >= 11 is 1.08. The summed E-state index contributed by atoms with van der Waals surface area (Å²) in [5.41, 5.74) is 3.12. The molecule has 29 heavy (non-hydrogen) atoms. The number of aliphatic carboxylic acids is 1. The Balaban J connectivity index is 1.71. The Kier molecular flexibility index (Phi) is 4.94. The topological polar surface area (TPSA) is 99.1 Å². The fourth-order valence-electron chi connectivity index (χ4n) is 3.25. The Morgan fingerprint density at radius 3 is 2.55 bits per heavy atom. The van der Waals surface area contributed by atoms with Gasteiger partial charge in [0.05, 0.1) is 21.9 Å². The number of anilines is 1. The van der Waals surface area contributed by atoms with E-state index in [4.69, 9.17) is 5.11 Å². The summed E-state index contributed by atoms with van der Waals surface area (Å²) in [6.07, 6.45) is 0.924. The van der Waals surface area contributed by atoms with Crippen LogP contribution in [0.3, 0.4) is 0 Å². The van der Waals surface area contributed by atoms with E-state index in [1.807, 2.05) is 24.3 Å². The van der Waals surface area contributed by atoms with Gasteiger partial charge in [-0.2, -0.15) is 0 Å². The van der Waals surface area contributed by atoms with Gasteiger partial charge in [-0.05, 0) is 41.9 Å². The molecule has 1 saturated heterocycles. The van der Waals surface area contributed by atoms with Gasteiger partial charge in [-0.25, -0.2) is 4.99 Å². The van der Waals surface area contributed by atoms with Crippen LogP contribution in [0.2, 0.25) is 0 Å². The number of amides is 2. The van der Waals surface area contributed by atoms with Crippen LogP contribution >= 0.6 is 11.8 Å².